The number of rotatable bonds is 6. The molecule has 1 N–H and O–H groups in total. The number of carbonyl (C=O) groups is 1. The Morgan fingerprint density at radius 2 is 1.62 bits per heavy atom. The van der Waals surface area contributed by atoms with E-state index >= 15 is 0 Å². The molecule has 0 aliphatic carbocycles. The van der Waals surface area contributed by atoms with E-state index in [9.17, 15) is 25.0 Å². The van der Waals surface area contributed by atoms with Gasteiger partial charge < -0.3 is 14.5 Å². The summed E-state index contributed by atoms with van der Waals surface area (Å²) in [4.78, 5) is 33.2. The van der Waals surface area contributed by atoms with Crippen molar-refractivity contribution >= 4 is 34.6 Å². The zero-order chi connectivity index (χ0) is 21.1. The molecule has 0 atom stereocenters. The van der Waals surface area contributed by atoms with Gasteiger partial charge in [0, 0.05) is 22.7 Å². The number of hydrogen-bond donors (Lipinski definition) is 1. The van der Waals surface area contributed by atoms with E-state index in [-0.39, 0.29) is 11.4 Å². The molecule has 2 aromatic carbocycles. The Labute approximate surface area is 168 Å². The molecule has 1 heterocycles. The fourth-order valence-corrected chi connectivity index (χ4v) is 2.70. The van der Waals surface area contributed by atoms with Gasteiger partial charge in [-0.15, -0.1) is 0 Å². The van der Waals surface area contributed by atoms with Gasteiger partial charge in [0.1, 0.15) is 5.76 Å². The zero-order valence-corrected chi connectivity index (χ0v) is 15.5. The summed E-state index contributed by atoms with van der Waals surface area (Å²) in [6, 6.07) is 11.6. The van der Waals surface area contributed by atoms with Crippen LogP contribution in [0, 0.1) is 20.2 Å². The summed E-state index contributed by atoms with van der Waals surface area (Å²) >= 11 is 5.84. The molecule has 0 saturated carbocycles. The van der Waals surface area contributed by atoms with Crippen LogP contribution in [0.25, 0.3) is 11.3 Å². The second-order valence-electron chi connectivity index (χ2n) is 5.69. The lowest BCUT2D eigenvalue weighted by atomic mass is 10.2. The number of benzene rings is 2. The minimum atomic E-state index is -0.840. The number of nitrogens with one attached hydrogen (secondary N) is 1. The Bertz CT molecular complexity index is 1070. The molecule has 0 saturated heterocycles. The third-order valence-corrected chi connectivity index (χ3v) is 4.12. The highest BCUT2D eigenvalue weighted by molar-refractivity contribution is 6.30. The summed E-state index contributed by atoms with van der Waals surface area (Å²) in [5.41, 5.74) is -0.778. The van der Waals surface area contributed by atoms with E-state index in [4.69, 9.17) is 20.8 Å². The lowest BCUT2D eigenvalue weighted by molar-refractivity contribution is -0.395. The first kappa shape index (κ1) is 19.8. The quantitative estimate of drug-likeness (QED) is 0.454. The molecule has 29 heavy (non-hydrogen) atoms. The summed E-state index contributed by atoms with van der Waals surface area (Å²) in [5.74, 6) is -0.936. The second-order valence-corrected chi connectivity index (χ2v) is 6.12. The van der Waals surface area contributed by atoms with Crippen molar-refractivity contribution in [3.8, 4) is 17.1 Å². The molecule has 0 bridgehead atoms. The van der Waals surface area contributed by atoms with Crippen molar-refractivity contribution in [1.82, 2.24) is 0 Å². The first-order valence-corrected chi connectivity index (χ1v) is 8.36. The van der Waals surface area contributed by atoms with Gasteiger partial charge in [-0.3, -0.25) is 25.0 Å². The molecule has 3 aromatic rings. The topological polar surface area (TPSA) is 138 Å². The summed E-state index contributed by atoms with van der Waals surface area (Å²) < 4.78 is 10.3. The Balaban J connectivity index is 1.90. The molecular weight excluding hydrogens is 406 g/mol. The van der Waals surface area contributed by atoms with E-state index in [1.165, 1.54) is 6.07 Å². The number of methoxy groups -OCH3 is 1. The Morgan fingerprint density at radius 1 is 1.03 bits per heavy atom. The number of amides is 1. The molecule has 0 unspecified atom stereocenters. The van der Waals surface area contributed by atoms with Gasteiger partial charge in [0.05, 0.1) is 22.6 Å². The molecule has 0 radical (unpaired) electrons. The van der Waals surface area contributed by atoms with Gasteiger partial charge in [-0.25, -0.2) is 0 Å². The van der Waals surface area contributed by atoms with Crippen LogP contribution in [0.1, 0.15) is 10.6 Å². The average Bonchev–Trinajstić information content (AvgIpc) is 3.18. The lowest BCUT2D eigenvalue weighted by Crippen LogP contribution is -2.11. The Hall–Kier alpha value is -3.92. The van der Waals surface area contributed by atoms with Gasteiger partial charge in [-0.2, -0.15) is 0 Å². The SMILES string of the molecule is COc1c([N+](=O)[O-])cc(NC(=O)c2ccc(-c3ccc(Cl)cc3)o2)cc1[N+](=O)[O-]. The van der Waals surface area contributed by atoms with Gasteiger partial charge in [-0.05, 0) is 36.4 Å². The summed E-state index contributed by atoms with van der Waals surface area (Å²) in [6.45, 7) is 0. The normalized spacial score (nSPS) is 10.4. The standard InChI is InChI=1S/C18H12ClN3O7/c1-28-17-13(21(24)25)8-12(9-14(17)22(26)27)20-18(23)16-7-6-15(29-16)10-2-4-11(19)5-3-10/h2-9H,1H3,(H,20,23). The van der Waals surface area contributed by atoms with Crippen LogP contribution in [0.2, 0.25) is 5.02 Å². The molecule has 0 aliphatic heterocycles. The van der Waals surface area contributed by atoms with Crippen LogP contribution >= 0.6 is 11.6 Å². The van der Waals surface area contributed by atoms with Crippen molar-refractivity contribution in [1.29, 1.82) is 0 Å². The number of nitrogens with zero attached hydrogens (tertiary/aromatic N) is 2. The molecule has 0 spiro atoms. The van der Waals surface area contributed by atoms with Crippen molar-refractivity contribution in [3.63, 3.8) is 0 Å². The zero-order valence-electron chi connectivity index (χ0n) is 14.7. The van der Waals surface area contributed by atoms with E-state index in [0.29, 0.717) is 16.3 Å². The predicted molar refractivity (Wildman–Crippen MR) is 103 cm³/mol. The first-order valence-electron chi connectivity index (χ1n) is 7.98. The van der Waals surface area contributed by atoms with Crippen LogP contribution in [0.15, 0.2) is 52.9 Å². The third-order valence-electron chi connectivity index (χ3n) is 3.86. The molecule has 3 rings (SSSR count). The number of ether oxygens (including phenoxy) is 1. The molecule has 0 fully saturated rings. The molecule has 1 aromatic heterocycles. The monoisotopic (exact) mass is 417 g/mol. The van der Waals surface area contributed by atoms with Crippen LogP contribution in [-0.4, -0.2) is 22.9 Å². The van der Waals surface area contributed by atoms with E-state index in [2.05, 4.69) is 5.32 Å². The maximum atomic E-state index is 12.4. The average molecular weight is 418 g/mol. The van der Waals surface area contributed by atoms with Crippen molar-refractivity contribution in [2.45, 2.75) is 0 Å². The second kappa shape index (κ2) is 7.98. The number of carbonyl (C=O) groups excluding carboxylic acids is 1. The molecular formula is C18H12ClN3O7. The minimum absolute atomic E-state index is 0.0870. The van der Waals surface area contributed by atoms with E-state index in [0.717, 1.165) is 19.2 Å². The predicted octanol–water partition coefficient (Wildman–Crippen LogP) is 4.68. The Kier molecular flexibility index (Phi) is 5.46. The van der Waals surface area contributed by atoms with Crippen molar-refractivity contribution < 1.29 is 23.8 Å². The van der Waals surface area contributed by atoms with Crippen molar-refractivity contribution in [2.24, 2.45) is 0 Å². The number of nitro groups is 2. The van der Waals surface area contributed by atoms with Crippen LogP contribution in [0.5, 0.6) is 5.75 Å². The van der Waals surface area contributed by atoms with Crippen LogP contribution in [-0.2, 0) is 0 Å². The van der Waals surface area contributed by atoms with E-state index in [1.807, 2.05) is 0 Å². The number of halogens is 1. The number of anilines is 1. The summed E-state index contributed by atoms with van der Waals surface area (Å²) in [6.07, 6.45) is 0. The molecule has 10 nitrogen and oxygen atoms in total. The van der Waals surface area contributed by atoms with Crippen LogP contribution in [0.3, 0.4) is 0 Å². The van der Waals surface area contributed by atoms with E-state index < -0.39 is 32.9 Å². The third kappa shape index (κ3) is 4.17. The lowest BCUT2D eigenvalue weighted by Gasteiger charge is -2.07. The van der Waals surface area contributed by atoms with Crippen molar-refractivity contribution in [2.75, 3.05) is 12.4 Å². The number of furan rings is 1. The highest BCUT2D eigenvalue weighted by Crippen LogP contribution is 2.39. The molecule has 11 heteroatoms. The van der Waals surface area contributed by atoms with Gasteiger partial charge in [0.2, 0.25) is 0 Å². The molecule has 1 amide bonds. The summed E-state index contributed by atoms with van der Waals surface area (Å²) in [7, 11) is 1.08. The number of hydrogen-bond acceptors (Lipinski definition) is 7. The highest BCUT2D eigenvalue weighted by Gasteiger charge is 2.28. The largest absolute Gasteiger partial charge is 0.485 e. The fraction of sp³-hybridized carbons (Fsp3) is 0.0556. The fourth-order valence-electron chi connectivity index (χ4n) is 2.57. The van der Waals surface area contributed by atoms with Gasteiger partial charge >= 0.3 is 11.4 Å². The molecule has 148 valence electrons. The maximum absolute atomic E-state index is 12.4. The smallest absolute Gasteiger partial charge is 0.320 e. The van der Waals surface area contributed by atoms with Crippen LogP contribution in [0.4, 0.5) is 17.1 Å². The van der Waals surface area contributed by atoms with Crippen molar-refractivity contribution in [3.05, 3.63) is 79.5 Å². The summed E-state index contributed by atoms with van der Waals surface area (Å²) in [5, 5.41) is 25.3. The van der Waals surface area contributed by atoms with Gasteiger partial charge in [-0.1, -0.05) is 11.6 Å². The number of nitro benzene ring substituents is 2. The van der Waals surface area contributed by atoms with Gasteiger partial charge in [0.25, 0.3) is 11.7 Å². The highest BCUT2D eigenvalue weighted by atomic mass is 35.5. The first-order chi connectivity index (χ1) is 13.8. The van der Waals surface area contributed by atoms with E-state index in [1.54, 1.807) is 30.3 Å². The van der Waals surface area contributed by atoms with Gasteiger partial charge in [0.15, 0.2) is 5.76 Å². The maximum Gasteiger partial charge on any atom is 0.320 e. The minimum Gasteiger partial charge on any atom is -0.485 e. The molecule has 0 aliphatic rings. The van der Waals surface area contributed by atoms with Crippen LogP contribution < -0.4 is 10.1 Å². The Morgan fingerprint density at radius 3 is 2.14 bits per heavy atom.